The van der Waals surface area contributed by atoms with Gasteiger partial charge in [0.05, 0.1) is 6.54 Å². The average molecular weight is 335 g/mol. The van der Waals surface area contributed by atoms with Crippen LogP contribution in [0.5, 0.6) is 0 Å². The summed E-state index contributed by atoms with van der Waals surface area (Å²) in [5.74, 6) is 0.201. The Balaban J connectivity index is 1.46. The molecule has 1 aliphatic heterocycles. The van der Waals surface area contributed by atoms with Crippen LogP contribution in [0.3, 0.4) is 0 Å². The molecule has 3 heterocycles. The molecule has 0 N–H and O–H groups in total. The van der Waals surface area contributed by atoms with Crippen molar-refractivity contribution in [1.82, 2.24) is 34.8 Å². The smallest absolute Gasteiger partial charge is 0.224 e. The van der Waals surface area contributed by atoms with E-state index in [1.807, 2.05) is 16.4 Å². The van der Waals surface area contributed by atoms with E-state index in [0.29, 0.717) is 13.0 Å². The fourth-order valence-electron chi connectivity index (χ4n) is 2.69. The highest BCUT2D eigenvalue weighted by molar-refractivity contribution is 7.11. The third kappa shape index (κ3) is 4.55. The average Bonchev–Trinajstić information content (AvgIpc) is 3.13. The van der Waals surface area contributed by atoms with Crippen molar-refractivity contribution in [3.63, 3.8) is 0 Å². The maximum absolute atomic E-state index is 12.3. The van der Waals surface area contributed by atoms with Crippen molar-refractivity contribution in [1.29, 1.82) is 0 Å². The van der Waals surface area contributed by atoms with Gasteiger partial charge in [-0.25, -0.2) is 0 Å². The number of aryl methyl sites for hydroxylation is 2. The van der Waals surface area contributed by atoms with E-state index in [2.05, 4.69) is 25.3 Å². The second-order valence-corrected chi connectivity index (χ2v) is 6.94. The fraction of sp³-hybridized carbons (Fsp3) is 0.643. The minimum Gasteiger partial charge on any atom is -0.341 e. The molecule has 0 unspecified atom stereocenters. The summed E-state index contributed by atoms with van der Waals surface area (Å²) in [6, 6.07) is 0. The molecule has 0 spiro atoms. The lowest BCUT2D eigenvalue weighted by molar-refractivity contribution is -0.131. The maximum atomic E-state index is 12.3. The van der Waals surface area contributed by atoms with E-state index in [-0.39, 0.29) is 5.91 Å². The minimum absolute atomic E-state index is 0.201. The molecular formula is C14H21N7OS. The first-order valence-electron chi connectivity index (χ1n) is 7.82. The first kappa shape index (κ1) is 16.0. The van der Waals surface area contributed by atoms with E-state index >= 15 is 0 Å². The van der Waals surface area contributed by atoms with E-state index in [4.69, 9.17) is 0 Å². The molecule has 0 aliphatic carbocycles. The molecular weight excluding hydrogens is 314 g/mol. The van der Waals surface area contributed by atoms with Crippen LogP contribution in [0.15, 0.2) is 12.7 Å². The van der Waals surface area contributed by atoms with Crippen molar-refractivity contribution in [2.75, 3.05) is 26.2 Å². The predicted octanol–water partition coefficient (Wildman–Crippen LogP) is 0.563. The number of aromatic nitrogens is 5. The van der Waals surface area contributed by atoms with Crippen molar-refractivity contribution < 1.29 is 4.79 Å². The summed E-state index contributed by atoms with van der Waals surface area (Å²) in [5.41, 5.74) is 0. The van der Waals surface area contributed by atoms with Gasteiger partial charge in [-0.3, -0.25) is 9.69 Å². The van der Waals surface area contributed by atoms with Crippen LogP contribution in [-0.2, 0) is 17.9 Å². The summed E-state index contributed by atoms with van der Waals surface area (Å²) in [6.45, 7) is 6.92. The zero-order valence-electron chi connectivity index (χ0n) is 13.3. The minimum atomic E-state index is 0.201. The van der Waals surface area contributed by atoms with E-state index in [9.17, 15) is 4.79 Å². The highest BCUT2D eigenvalue weighted by Crippen LogP contribution is 2.13. The van der Waals surface area contributed by atoms with Gasteiger partial charge in [0.25, 0.3) is 0 Å². The van der Waals surface area contributed by atoms with E-state index in [0.717, 1.165) is 49.2 Å². The first-order valence-corrected chi connectivity index (χ1v) is 8.64. The van der Waals surface area contributed by atoms with E-state index in [1.54, 1.807) is 24.0 Å². The number of hydrogen-bond donors (Lipinski definition) is 0. The van der Waals surface area contributed by atoms with Crippen LogP contribution in [0.25, 0.3) is 0 Å². The molecule has 0 radical (unpaired) electrons. The summed E-state index contributed by atoms with van der Waals surface area (Å²) in [5, 5.41) is 17.8. The number of amides is 1. The van der Waals surface area contributed by atoms with Gasteiger partial charge >= 0.3 is 0 Å². The van der Waals surface area contributed by atoms with Crippen LogP contribution in [-0.4, -0.2) is 66.8 Å². The van der Waals surface area contributed by atoms with Crippen LogP contribution in [0.1, 0.15) is 22.9 Å². The molecule has 0 bridgehead atoms. The molecule has 1 saturated heterocycles. The zero-order chi connectivity index (χ0) is 16.1. The van der Waals surface area contributed by atoms with Crippen LogP contribution in [0, 0.1) is 6.92 Å². The molecule has 0 saturated carbocycles. The Kier molecular flexibility index (Phi) is 5.29. The van der Waals surface area contributed by atoms with Crippen molar-refractivity contribution >= 4 is 17.2 Å². The van der Waals surface area contributed by atoms with Gasteiger partial charge in [0.2, 0.25) is 5.91 Å². The Morgan fingerprint density at radius 3 is 2.74 bits per heavy atom. The topological polar surface area (TPSA) is 80.0 Å². The standard InChI is InChI=1S/C14H21N7OS/c1-12-17-18-13(23-12)9-19-4-2-5-21(8-7-19)14(22)3-6-20-10-15-16-11-20/h10-11H,2-9H2,1H3. The Morgan fingerprint density at radius 1 is 1.17 bits per heavy atom. The normalized spacial score (nSPS) is 16.5. The number of rotatable bonds is 5. The third-order valence-electron chi connectivity index (χ3n) is 3.92. The molecule has 1 aliphatic rings. The number of carbonyl (C=O) groups excluding carboxylic acids is 1. The lowest BCUT2D eigenvalue weighted by atomic mass is 10.3. The van der Waals surface area contributed by atoms with Gasteiger partial charge < -0.3 is 9.47 Å². The van der Waals surface area contributed by atoms with Gasteiger partial charge in [0.15, 0.2) is 0 Å². The summed E-state index contributed by atoms with van der Waals surface area (Å²) >= 11 is 1.64. The molecule has 23 heavy (non-hydrogen) atoms. The highest BCUT2D eigenvalue weighted by Gasteiger charge is 2.19. The molecule has 1 amide bonds. The van der Waals surface area contributed by atoms with Crippen LogP contribution >= 0.6 is 11.3 Å². The Hall–Kier alpha value is -1.87. The molecule has 0 atom stereocenters. The summed E-state index contributed by atoms with van der Waals surface area (Å²) in [4.78, 5) is 16.7. The SMILES string of the molecule is Cc1nnc(CN2CCCN(C(=O)CCn3cnnc3)CC2)s1. The molecule has 2 aromatic heterocycles. The molecule has 8 nitrogen and oxygen atoms in total. The van der Waals surface area contributed by atoms with Crippen molar-refractivity contribution in [3.05, 3.63) is 22.7 Å². The molecule has 2 aromatic rings. The quantitative estimate of drug-likeness (QED) is 0.794. The fourth-order valence-corrected chi connectivity index (χ4v) is 3.44. The molecule has 1 fully saturated rings. The molecule has 9 heteroatoms. The van der Waals surface area contributed by atoms with Crippen LogP contribution < -0.4 is 0 Å². The van der Waals surface area contributed by atoms with Crippen LogP contribution in [0.2, 0.25) is 0 Å². The van der Waals surface area contributed by atoms with Gasteiger partial charge in [-0.1, -0.05) is 0 Å². The summed E-state index contributed by atoms with van der Waals surface area (Å²) in [6.07, 6.45) is 4.77. The Bertz CT molecular complexity index is 627. The van der Waals surface area contributed by atoms with Gasteiger partial charge in [-0.05, 0) is 13.3 Å². The summed E-state index contributed by atoms with van der Waals surface area (Å²) < 4.78 is 1.83. The van der Waals surface area contributed by atoms with Crippen LogP contribution in [0.4, 0.5) is 0 Å². The van der Waals surface area contributed by atoms with Gasteiger partial charge in [-0.15, -0.1) is 31.7 Å². The second-order valence-electron chi connectivity index (χ2n) is 5.68. The lowest BCUT2D eigenvalue weighted by Gasteiger charge is -2.21. The van der Waals surface area contributed by atoms with Gasteiger partial charge in [-0.2, -0.15) is 0 Å². The first-order chi connectivity index (χ1) is 11.2. The third-order valence-corrected chi connectivity index (χ3v) is 4.74. The van der Waals surface area contributed by atoms with Crippen molar-refractivity contribution in [2.24, 2.45) is 0 Å². The number of carbonyl (C=O) groups is 1. The van der Waals surface area contributed by atoms with Gasteiger partial charge in [0, 0.05) is 39.1 Å². The lowest BCUT2D eigenvalue weighted by Crippen LogP contribution is -2.35. The second kappa shape index (κ2) is 7.60. The summed E-state index contributed by atoms with van der Waals surface area (Å²) in [7, 11) is 0. The predicted molar refractivity (Wildman–Crippen MR) is 85.8 cm³/mol. The molecule has 124 valence electrons. The number of nitrogens with zero attached hydrogens (tertiary/aromatic N) is 7. The largest absolute Gasteiger partial charge is 0.341 e. The molecule has 0 aromatic carbocycles. The highest BCUT2D eigenvalue weighted by atomic mass is 32.1. The van der Waals surface area contributed by atoms with E-state index in [1.165, 1.54) is 0 Å². The monoisotopic (exact) mass is 335 g/mol. The molecule has 3 rings (SSSR count). The van der Waals surface area contributed by atoms with Crippen molar-refractivity contribution in [3.8, 4) is 0 Å². The number of hydrogen-bond acceptors (Lipinski definition) is 7. The Morgan fingerprint density at radius 2 is 2.00 bits per heavy atom. The zero-order valence-corrected chi connectivity index (χ0v) is 14.1. The maximum Gasteiger partial charge on any atom is 0.224 e. The van der Waals surface area contributed by atoms with E-state index < -0.39 is 0 Å². The Labute approximate surface area is 139 Å². The van der Waals surface area contributed by atoms with Gasteiger partial charge in [0.1, 0.15) is 22.7 Å². The van der Waals surface area contributed by atoms with Crippen molar-refractivity contribution in [2.45, 2.75) is 32.9 Å².